The summed E-state index contributed by atoms with van der Waals surface area (Å²) < 4.78 is 1.68. The minimum Gasteiger partial charge on any atom is -0.398 e. The molecule has 29 heavy (non-hydrogen) atoms. The zero-order chi connectivity index (χ0) is 20.8. The Hall–Kier alpha value is -4.20. The molecule has 3 aromatic rings. The molecule has 8 nitrogen and oxygen atoms in total. The first-order valence-electron chi connectivity index (χ1n) is 8.85. The molecule has 3 rings (SSSR count). The highest BCUT2D eigenvalue weighted by atomic mass is 16.1. The van der Waals surface area contributed by atoms with Gasteiger partial charge < -0.3 is 27.2 Å². The minimum absolute atomic E-state index is 0.286. The van der Waals surface area contributed by atoms with Crippen LogP contribution in [0.2, 0.25) is 0 Å². The molecule has 1 aromatic heterocycles. The van der Waals surface area contributed by atoms with E-state index in [1.54, 1.807) is 48.1 Å². The zero-order valence-electron chi connectivity index (χ0n) is 15.8. The second-order valence-corrected chi connectivity index (χ2v) is 6.15. The Balaban J connectivity index is 1.77. The van der Waals surface area contributed by atoms with Crippen molar-refractivity contribution in [2.24, 2.45) is 0 Å². The number of hydrogen-bond acceptors (Lipinski definition) is 6. The Bertz CT molecular complexity index is 1100. The second kappa shape index (κ2) is 8.66. The van der Waals surface area contributed by atoms with Crippen molar-refractivity contribution < 1.29 is 4.79 Å². The highest BCUT2D eigenvalue weighted by molar-refractivity contribution is 6.17. The first-order chi connectivity index (χ1) is 14.0. The first kappa shape index (κ1) is 19.6. The number of rotatable bonds is 7. The molecule has 8 heteroatoms. The number of amides is 1. The molecule has 6 N–H and O–H groups in total. The molecule has 0 aliphatic carbocycles. The number of anilines is 4. The summed E-state index contributed by atoms with van der Waals surface area (Å²) in [6.45, 7) is 1.71. The Morgan fingerprint density at radius 1 is 1.14 bits per heavy atom. The van der Waals surface area contributed by atoms with Gasteiger partial charge in [0.2, 0.25) is 0 Å². The number of nitrogens with two attached hydrogens (primary N) is 1. The van der Waals surface area contributed by atoms with Crippen LogP contribution in [0, 0.1) is 10.8 Å². The Kier molecular flexibility index (Phi) is 5.84. The van der Waals surface area contributed by atoms with Gasteiger partial charge in [-0.25, -0.2) is 4.68 Å². The van der Waals surface area contributed by atoms with Gasteiger partial charge in [0, 0.05) is 47.3 Å². The van der Waals surface area contributed by atoms with E-state index in [0.29, 0.717) is 22.8 Å². The average Bonchev–Trinajstić information content (AvgIpc) is 3.19. The highest BCUT2D eigenvalue weighted by Crippen LogP contribution is 2.21. The molecular formula is C21H21N7O. The van der Waals surface area contributed by atoms with Crippen molar-refractivity contribution >= 4 is 41.2 Å². The van der Waals surface area contributed by atoms with Gasteiger partial charge in [0.05, 0.1) is 11.3 Å². The molecule has 0 aliphatic rings. The minimum atomic E-state index is -0.340. The molecule has 0 unspecified atom stereocenters. The third-order valence-electron chi connectivity index (χ3n) is 4.20. The van der Waals surface area contributed by atoms with Crippen LogP contribution in [0.1, 0.15) is 12.5 Å². The fraction of sp³-hybridized carbons (Fsp3) is 0.0476. The van der Waals surface area contributed by atoms with Crippen molar-refractivity contribution in [3.05, 3.63) is 71.9 Å². The van der Waals surface area contributed by atoms with Crippen molar-refractivity contribution in [2.45, 2.75) is 6.92 Å². The van der Waals surface area contributed by atoms with Gasteiger partial charge in [0.15, 0.2) is 5.82 Å². The number of nitrogens with one attached hydrogen (secondary N) is 4. The van der Waals surface area contributed by atoms with Gasteiger partial charge in [0.1, 0.15) is 0 Å². The molecule has 0 atom stereocenters. The summed E-state index contributed by atoms with van der Waals surface area (Å²) in [4.78, 5) is 12.1. The fourth-order valence-corrected chi connectivity index (χ4v) is 2.67. The van der Waals surface area contributed by atoms with Crippen molar-refractivity contribution in [2.75, 3.05) is 16.4 Å². The Morgan fingerprint density at radius 3 is 2.69 bits per heavy atom. The summed E-state index contributed by atoms with van der Waals surface area (Å²) in [6.07, 6.45) is 5.61. The third kappa shape index (κ3) is 4.56. The van der Waals surface area contributed by atoms with Crippen LogP contribution in [-0.4, -0.2) is 28.1 Å². The lowest BCUT2D eigenvalue weighted by Crippen LogP contribution is -2.15. The predicted octanol–water partition coefficient (Wildman–Crippen LogP) is 3.73. The van der Waals surface area contributed by atoms with Crippen molar-refractivity contribution in [3.63, 3.8) is 0 Å². The molecule has 2 aromatic carbocycles. The SMILES string of the molecule is C/C=C(\C=N)C(=O)Nc1cccc(-n2ccc(Nc3ccc(N)c(C=N)c3)n2)c1. The normalized spacial score (nSPS) is 11.0. The van der Waals surface area contributed by atoms with Gasteiger partial charge in [-0.3, -0.25) is 4.79 Å². The van der Waals surface area contributed by atoms with E-state index in [1.807, 2.05) is 24.3 Å². The lowest BCUT2D eigenvalue weighted by atomic mass is 10.2. The molecule has 0 aliphatic heterocycles. The lowest BCUT2D eigenvalue weighted by Gasteiger charge is -2.08. The number of carbonyl (C=O) groups is 1. The quantitative estimate of drug-likeness (QED) is 0.240. The number of carbonyl (C=O) groups excluding carboxylic acids is 1. The predicted molar refractivity (Wildman–Crippen MR) is 117 cm³/mol. The number of hydrogen-bond donors (Lipinski definition) is 5. The smallest absolute Gasteiger partial charge is 0.256 e. The number of aromatic nitrogens is 2. The van der Waals surface area contributed by atoms with Crippen LogP contribution in [0.25, 0.3) is 5.69 Å². The maximum absolute atomic E-state index is 12.1. The van der Waals surface area contributed by atoms with Gasteiger partial charge in [0.25, 0.3) is 5.91 Å². The van der Waals surface area contributed by atoms with E-state index in [9.17, 15) is 4.79 Å². The van der Waals surface area contributed by atoms with E-state index < -0.39 is 0 Å². The second-order valence-electron chi connectivity index (χ2n) is 6.15. The summed E-state index contributed by atoms with van der Waals surface area (Å²) in [5, 5.41) is 25.1. The Labute approximate surface area is 168 Å². The molecule has 0 bridgehead atoms. The van der Waals surface area contributed by atoms with E-state index in [0.717, 1.165) is 17.6 Å². The molecule has 1 amide bonds. The van der Waals surface area contributed by atoms with Crippen LogP contribution in [-0.2, 0) is 4.79 Å². The van der Waals surface area contributed by atoms with E-state index in [2.05, 4.69) is 15.7 Å². The van der Waals surface area contributed by atoms with Crippen LogP contribution >= 0.6 is 0 Å². The third-order valence-corrected chi connectivity index (χ3v) is 4.20. The molecule has 0 saturated heterocycles. The number of nitrogens with zero attached hydrogens (tertiary/aromatic N) is 2. The largest absolute Gasteiger partial charge is 0.398 e. The van der Waals surface area contributed by atoms with Crippen LogP contribution in [0.5, 0.6) is 0 Å². The molecule has 0 radical (unpaired) electrons. The first-order valence-corrected chi connectivity index (χ1v) is 8.85. The molecule has 146 valence electrons. The van der Waals surface area contributed by atoms with Gasteiger partial charge in [-0.2, -0.15) is 5.10 Å². The standard InChI is InChI=1S/C21H21N7O/c1-2-14(12-22)21(29)26-16-4-3-5-18(11-16)28-9-8-20(27-28)25-17-6-7-19(24)15(10-17)13-23/h2-13,22-23H,24H2,1H3,(H,25,27)(H,26,29)/b14-2+,22-12?,23-13?. The van der Waals surface area contributed by atoms with Gasteiger partial charge in [-0.05, 0) is 43.3 Å². The average molecular weight is 387 g/mol. The topological polar surface area (TPSA) is 133 Å². The molecule has 0 fully saturated rings. The fourth-order valence-electron chi connectivity index (χ4n) is 2.67. The summed E-state index contributed by atoms with van der Waals surface area (Å²) in [7, 11) is 0. The monoisotopic (exact) mass is 387 g/mol. The van der Waals surface area contributed by atoms with Crippen molar-refractivity contribution in [1.29, 1.82) is 10.8 Å². The number of nitrogen functional groups attached to an aromatic ring is 1. The molecule has 0 spiro atoms. The molecule has 0 saturated carbocycles. The maximum atomic E-state index is 12.1. The van der Waals surface area contributed by atoms with Crippen LogP contribution in [0.3, 0.4) is 0 Å². The van der Waals surface area contributed by atoms with Crippen molar-refractivity contribution in [3.8, 4) is 5.69 Å². The highest BCUT2D eigenvalue weighted by Gasteiger charge is 2.08. The molecule has 1 heterocycles. The summed E-state index contributed by atoms with van der Waals surface area (Å²) >= 11 is 0. The zero-order valence-corrected chi connectivity index (χ0v) is 15.8. The van der Waals surface area contributed by atoms with Crippen LogP contribution in [0.4, 0.5) is 22.9 Å². The van der Waals surface area contributed by atoms with Gasteiger partial charge in [-0.15, -0.1) is 0 Å². The lowest BCUT2D eigenvalue weighted by molar-refractivity contribution is -0.112. The Morgan fingerprint density at radius 2 is 1.97 bits per heavy atom. The molecular weight excluding hydrogens is 366 g/mol. The summed E-state index contributed by atoms with van der Waals surface area (Å²) in [6, 6.07) is 14.4. The summed E-state index contributed by atoms with van der Waals surface area (Å²) in [5.74, 6) is 0.285. The number of benzene rings is 2. The maximum Gasteiger partial charge on any atom is 0.256 e. The van der Waals surface area contributed by atoms with Crippen LogP contribution < -0.4 is 16.4 Å². The van der Waals surface area contributed by atoms with E-state index in [-0.39, 0.29) is 11.5 Å². The van der Waals surface area contributed by atoms with E-state index >= 15 is 0 Å². The summed E-state index contributed by atoms with van der Waals surface area (Å²) in [5.41, 5.74) is 9.41. The van der Waals surface area contributed by atoms with Crippen LogP contribution in [0.15, 0.2) is 66.4 Å². The van der Waals surface area contributed by atoms with Gasteiger partial charge >= 0.3 is 0 Å². The number of allylic oxidation sites excluding steroid dienone is 1. The van der Waals surface area contributed by atoms with Crippen molar-refractivity contribution in [1.82, 2.24) is 9.78 Å². The van der Waals surface area contributed by atoms with E-state index in [4.69, 9.17) is 16.6 Å². The van der Waals surface area contributed by atoms with Gasteiger partial charge in [-0.1, -0.05) is 12.1 Å². The van der Waals surface area contributed by atoms with E-state index in [1.165, 1.54) is 6.21 Å².